The number of hydrogen-bond acceptors (Lipinski definition) is 4. The van der Waals surface area contributed by atoms with Gasteiger partial charge in [0.25, 0.3) is 5.91 Å². The zero-order valence-corrected chi connectivity index (χ0v) is 11.3. The number of carbonyl (C=O) groups excluding carboxylic acids is 3. The van der Waals surface area contributed by atoms with E-state index in [1.54, 1.807) is 24.3 Å². The first kappa shape index (κ1) is 15.7. The van der Waals surface area contributed by atoms with Crippen LogP contribution < -0.4 is 15.7 Å². The zero-order chi connectivity index (χ0) is 15.0. The highest BCUT2D eigenvalue weighted by molar-refractivity contribution is 6.03. The average molecular weight is 277 g/mol. The minimum absolute atomic E-state index is 0.187. The molecule has 0 saturated carbocycles. The Morgan fingerprint density at radius 1 is 1.15 bits per heavy atom. The summed E-state index contributed by atoms with van der Waals surface area (Å²) < 4.78 is 0. The molecule has 1 aromatic rings. The first-order chi connectivity index (χ1) is 9.54. The maximum Gasteiger partial charge on any atom is 0.253 e. The van der Waals surface area contributed by atoms with E-state index in [0.717, 1.165) is 6.42 Å². The lowest BCUT2D eigenvalue weighted by Crippen LogP contribution is -2.26. The molecule has 0 bridgehead atoms. The summed E-state index contributed by atoms with van der Waals surface area (Å²) in [4.78, 5) is 33.8. The molecule has 0 aliphatic carbocycles. The number of amides is 2. The molecule has 0 saturated heterocycles. The van der Waals surface area contributed by atoms with Gasteiger partial charge in [0, 0.05) is 18.9 Å². The van der Waals surface area contributed by atoms with Gasteiger partial charge < -0.3 is 20.5 Å². The molecular formula is C14H17N2O4-. The van der Waals surface area contributed by atoms with Crippen LogP contribution in [0.2, 0.25) is 0 Å². The van der Waals surface area contributed by atoms with Gasteiger partial charge in [-0.2, -0.15) is 0 Å². The lowest BCUT2D eigenvalue weighted by molar-refractivity contribution is -0.305. The van der Waals surface area contributed by atoms with Crippen molar-refractivity contribution in [3.8, 4) is 0 Å². The van der Waals surface area contributed by atoms with Gasteiger partial charge in [0.15, 0.2) is 0 Å². The van der Waals surface area contributed by atoms with Gasteiger partial charge >= 0.3 is 0 Å². The predicted molar refractivity (Wildman–Crippen MR) is 71.9 cm³/mol. The third kappa shape index (κ3) is 5.09. The number of carboxylic acid groups (broad SMARTS) is 1. The summed E-state index contributed by atoms with van der Waals surface area (Å²) in [7, 11) is 0. The number of carboxylic acids is 1. The molecule has 6 heteroatoms. The number of para-hydroxylation sites is 1. The highest BCUT2D eigenvalue weighted by Crippen LogP contribution is 2.15. The number of aliphatic carboxylic acids is 1. The van der Waals surface area contributed by atoms with Crippen LogP contribution in [0.25, 0.3) is 0 Å². The van der Waals surface area contributed by atoms with Crippen molar-refractivity contribution in [2.75, 3.05) is 11.9 Å². The Morgan fingerprint density at radius 3 is 2.50 bits per heavy atom. The van der Waals surface area contributed by atoms with Crippen molar-refractivity contribution in [1.29, 1.82) is 0 Å². The van der Waals surface area contributed by atoms with E-state index in [0.29, 0.717) is 17.8 Å². The number of nitrogens with one attached hydrogen (secondary N) is 2. The minimum atomic E-state index is -1.28. The van der Waals surface area contributed by atoms with Gasteiger partial charge in [-0.15, -0.1) is 0 Å². The fourth-order valence-corrected chi connectivity index (χ4v) is 1.55. The Bertz CT molecular complexity index is 500. The number of benzene rings is 1. The molecule has 2 amide bonds. The summed E-state index contributed by atoms with van der Waals surface area (Å²) in [6.07, 6.45) is 0.273. The Hall–Kier alpha value is -2.37. The maximum absolute atomic E-state index is 11.9. The average Bonchev–Trinajstić information content (AvgIpc) is 2.43. The van der Waals surface area contributed by atoms with Crippen LogP contribution in [0.4, 0.5) is 5.69 Å². The normalized spacial score (nSPS) is 9.85. The summed E-state index contributed by atoms with van der Waals surface area (Å²) in [6.45, 7) is 2.49. The smallest absolute Gasteiger partial charge is 0.253 e. The molecule has 108 valence electrons. The highest BCUT2D eigenvalue weighted by Gasteiger charge is 2.12. The van der Waals surface area contributed by atoms with Crippen molar-refractivity contribution >= 4 is 23.5 Å². The third-order valence-electron chi connectivity index (χ3n) is 2.54. The number of rotatable bonds is 7. The van der Waals surface area contributed by atoms with Crippen LogP contribution in [0.1, 0.15) is 36.5 Å². The van der Waals surface area contributed by atoms with E-state index in [-0.39, 0.29) is 18.7 Å². The fourth-order valence-electron chi connectivity index (χ4n) is 1.55. The first-order valence-corrected chi connectivity index (χ1v) is 6.41. The summed E-state index contributed by atoms with van der Waals surface area (Å²) in [5.74, 6) is -2.03. The largest absolute Gasteiger partial charge is 0.550 e. The van der Waals surface area contributed by atoms with Crippen LogP contribution in [0.5, 0.6) is 0 Å². The second-order valence-electron chi connectivity index (χ2n) is 4.22. The van der Waals surface area contributed by atoms with Gasteiger partial charge in [-0.25, -0.2) is 0 Å². The number of carbonyl (C=O) groups is 3. The third-order valence-corrected chi connectivity index (χ3v) is 2.54. The molecule has 0 atom stereocenters. The molecule has 0 spiro atoms. The Balaban J connectivity index is 2.72. The van der Waals surface area contributed by atoms with E-state index >= 15 is 0 Å². The molecule has 0 unspecified atom stereocenters. The van der Waals surface area contributed by atoms with Gasteiger partial charge in [0.05, 0.1) is 11.3 Å². The summed E-state index contributed by atoms with van der Waals surface area (Å²) in [5.41, 5.74) is 0.715. The van der Waals surface area contributed by atoms with E-state index in [1.165, 1.54) is 0 Å². The molecule has 6 nitrogen and oxygen atoms in total. The Kier molecular flexibility index (Phi) is 6.22. The predicted octanol–water partition coefficient (Wildman–Crippen LogP) is 0.295. The van der Waals surface area contributed by atoms with Crippen LogP contribution >= 0.6 is 0 Å². The number of hydrogen-bond donors (Lipinski definition) is 2. The van der Waals surface area contributed by atoms with Gasteiger partial charge in [0.1, 0.15) is 0 Å². The second-order valence-corrected chi connectivity index (χ2v) is 4.22. The van der Waals surface area contributed by atoms with E-state index < -0.39 is 11.9 Å². The molecule has 0 heterocycles. The standard InChI is InChI=1S/C14H18N2O4/c1-2-9-15-14(20)10-5-3-4-6-11(10)16-12(17)7-8-13(18)19/h3-6H,2,7-9H2,1H3,(H,15,20)(H,16,17)(H,18,19)/p-1. The molecule has 0 fully saturated rings. The van der Waals surface area contributed by atoms with Crippen LogP contribution in [-0.2, 0) is 9.59 Å². The van der Waals surface area contributed by atoms with Gasteiger partial charge in [-0.1, -0.05) is 19.1 Å². The van der Waals surface area contributed by atoms with E-state index in [1.807, 2.05) is 6.92 Å². The summed E-state index contributed by atoms with van der Waals surface area (Å²) >= 11 is 0. The molecule has 0 aliphatic rings. The van der Waals surface area contributed by atoms with Crippen molar-refractivity contribution < 1.29 is 19.5 Å². The van der Waals surface area contributed by atoms with Crippen molar-refractivity contribution in [2.45, 2.75) is 26.2 Å². The molecule has 1 aromatic carbocycles. The lowest BCUT2D eigenvalue weighted by Gasteiger charge is -2.11. The SMILES string of the molecule is CCCNC(=O)c1ccccc1NC(=O)CCC(=O)[O-]. The van der Waals surface area contributed by atoms with E-state index in [2.05, 4.69) is 10.6 Å². The lowest BCUT2D eigenvalue weighted by atomic mass is 10.1. The van der Waals surface area contributed by atoms with Crippen LogP contribution in [0.3, 0.4) is 0 Å². The van der Waals surface area contributed by atoms with Crippen LogP contribution in [0, 0.1) is 0 Å². The zero-order valence-electron chi connectivity index (χ0n) is 11.3. The molecule has 0 aromatic heterocycles. The molecule has 2 N–H and O–H groups in total. The van der Waals surface area contributed by atoms with Gasteiger partial charge in [0.2, 0.25) is 5.91 Å². The van der Waals surface area contributed by atoms with E-state index in [9.17, 15) is 19.5 Å². The first-order valence-electron chi connectivity index (χ1n) is 6.41. The molecule has 20 heavy (non-hydrogen) atoms. The highest BCUT2D eigenvalue weighted by atomic mass is 16.4. The number of anilines is 1. The Labute approximate surface area is 117 Å². The van der Waals surface area contributed by atoms with Crippen LogP contribution in [-0.4, -0.2) is 24.3 Å². The topological polar surface area (TPSA) is 98.3 Å². The maximum atomic E-state index is 11.9. The van der Waals surface area contributed by atoms with Crippen molar-refractivity contribution in [3.63, 3.8) is 0 Å². The second kappa shape index (κ2) is 7.93. The van der Waals surface area contributed by atoms with Crippen LogP contribution in [0.15, 0.2) is 24.3 Å². The van der Waals surface area contributed by atoms with E-state index in [4.69, 9.17) is 0 Å². The molecule has 0 aliphatic heterocycles. The monoisotopic (exact) mass is 277 g/mol. The Morgan fingerprint density at radius 2 is 1.85 bits per heavy atom. The molecule has 0 radical (unpaired) electrons. The van der Waals surface area contributed by atoms with Crippen molar-refractivity contribution in [1.82, 2.24) is 5.32 Å². The minimum Gasteiger partial charge on any atom is -0.550 e. The molecule has 1 rings (SSSR count). The van der Waals surface area contributed by atoms with Gasteiger partial charge in [-0.05, 0) is 25.0 Å². The molecular weight excluding hydrogens is 260 g/mol. The fraction of sp³-hybridized carbons (Fsp3) is 0.357. The van der Waals surface area contributed by atoms with Crippen molar-refractivity contribution in [2.24, 2.45) is 0 Å². The summed E-state index contributed by atoms with van der Waals surface area (Å²) in [5, 5.41) is 15.5. The summed E-state index contributed by atoms with van der Waals surface area (Å²) in [6, 6.07) is 6.57. The van der Waals surface area contributed by atoms with Crippen molar-refractivity contribution in [3.05, 3.63) is 29.8 Å². The van der Waals surface area contributed by atoms with Gasteiger partial charge in [-0.3, -0.25) is 9.59 Å². The quantitative estimate of drug-likeness (QED) is 0.748.